The normalized spacial score (nSPS) is 15.6. The van der Waals surface area contributed by atoms with Crippen molar-refractivity contribution in [1.29, 1.82) is 0 Å². The van der Waals surface area contributed by atoms with Crippen molar-refractivity contribution in [3.05, 3.63) is 42.7 Å². The number of fused-ring (bicyclic) bond motifs is 1. The van der Waals surface area contributed by atoms with Crippen LogP contribution in [-0.4, -0.2) is 58.7 Å². The Labute approximate surface area is 162 Å². The molecule has 0 amide bonds. The van der Waals surface area contributed by atoms with E-state index >= 15 is 0 Å². The van der Waals surface area contributed by atoms with Crippen LogP contribution in [0, 0.1) is 0 Å². The first-order valence-electron chi connectivity index (χ1n) is 9.09. The second kappa shape index (κ2) is 7.62. The van der Waals surface area contributed by atoms with Crippen LogP contribution in [-0.2, 0) is 4.79 Å². The molecule has 0 aliphatic carbocycles. The number of aliphatic carboxylic acids is 1. The van der Waals surface area contributed by atoms with Gasteiger partial charge in [-0.25, -0.2) is 9.97 Å². The number of anilines is 1. The molecule has 27 heavy (non-hydrogen) atoms. The summed E-state index contributed by atoms with van der Waals surface area (Å²) in [5, 5.41) is 10.1. The van der Waals surface area contributed by atoms with Crippen LogP contribution in [0.1, 0.15) is 12.8 Å². The second-order valence-corrected chi connectivity index (χ2v) is 7.95. The number of likely N-dealkylation sites (N-methyl/N-ethyl adjacent to an activating group) is 1. The molecule has 1 saturated heterocycles. The Morgan fingerprint density at radius 2 is 2.00 bits per heavy atom. The van der Waals surface area contributed by atoms with Crippen molar-refractivity contribution < 1.29 is 9.90 Å². The molecule has 1 N–H and O–H groups in total. The molecule has 140 valence electrons. The van der Waals surface area contributed by atoms with E-state index < -0.39 is 5.97 Å². The zero-order valence-electron chi connectivity index (χ0n) is 15.2. The van der Waals surface area contributed by atoms with Gasteiger partial charge in [0.15, 0.2) is 0 Å². The number of piperidine rings is 1. The number of rotatable bonds is 5. The van der Waals surface area contributed by atoms with Gasteiger partial charge < -0.3 is 10.0 Å². The van der Waals surface area contributed by atoms with Crippen molar-refractivity contribution in [1.82, 2.24) is 14.9 Å². The topological polar surface area (TPSA) is 69.6 Å². The lowest BCUT2D eigenvalue weighted by Gasteiger charge is -2.36. The molecule has 0 unspecified atom stereocenters. The van der Waals surface area contributed by atoms with Gasteiger partial charge in [-0.2, -0.15) is 0 Å². The Morgan fingerprint density at radius 3 is 2.70 bits per heavy atom. The van der Waals surface area contributed by atoms with Crippen molar-refractivity contribution in [3.8, 4) is 10.4 Å². The highest BCUT2D eigenvalue weighted by Gasteiger charge is 2.25. The van der Waals surface area contributed by atoms with Gasteiger partial charge in [-0.05, 0) is 31.5 Å². The summed E-state index contributed by atoms with van der Waals surface area (Å²) in [4.78, 5) is 26.4. The summed E-state index contributed by atoms with van der Waals surface area (Å²) in [5.74, 6) is 0.210. The lowest BCUT2D eigenvalue weighted by molar-refractivity contribution is -0.138. The molecular weight excluding hydrogens is 360 g/mol. The van der Waals surface area contributed by atoms with E-state index in [4.69, 9.17) is 5.11 Å². The van der Waals surface area contributed by atoms with Crippen molar-refractivity contribution in [2.45, 2.75) is 18.9 Å². The van der Waals surface area contributed by atoms with Gasteiger partial charge >= 0.3 is 5.97 Å². The van der Waals surface area contributed by atoms with Gasteiger partial charge in [0.2, 0.25) is 0 Å². The average molecular weight is 382 g/mol. The van der Waals surface area contributed by atoms with E-state index in [1.165, 1.54) is 10.4 Å². The molecule has 1 aliphatic rings. The number of thiophene rings is 1. The molecule has 6 nitrogen and oxygen atoms in total. The van der Waals surface area contributed by atoms with Gasteiger partial charge in [-0.15, -0.1) is 11.3 Å². The quantitative estimate of drug-likeness (QED) is 0.730. The minimum Gasteiger partial charge on any atom is -0.480 e. The van der Waals surface area contributed by atoms with Crippen LogP contribution < -0.4 is 4.90 Å². The third-order valence-electron chi connectivity index (χ3n) is 5.14. The summed E-state index contributed by atoms with van der Waals surface area (Å²) >= 11 is 1.69. The van der Waals surface area contributed by atoms with Gasteiger partial charge in [-0.3, -0.25) is 9.69 Å². The van der Waals surface area contributed by atoms with E-state index in [1.54, 1.807) is 17.7 Å². The average Bonchev–Trinajstić information content (AvgIpc) is 3.13. The maximum atomic E-state index is 10.9. The molecule has 7 heteroatoms. The minimum absolute atomic E-state index is 0.0907. The van der Waals surface area contributed by atoms with Crippen molar-refractivity contribution in [3.63, 3.8) is 0 Å². The van der Waals surface area contributed by atoms with Crippen LogP contribution in [0.25, 0.3) is 20.7 Å². The number of carboxylic acid groups (broad SMARTS) is 1. The van der Waals surface area contributed by atoms with E-state index in [0.29, 0.717) is 6.04 Å². The Morgan fingerprint density at radius 1 is 1.26 bits per heavy atom. The SMILES string of the molecule is CN(CC(=O)O)C1CCN(c2ncnc3sc(-c4ccccc4)cc23)CC1. The van der Waals surface area contributed by atoms with Gasteiger partial charge in [0.25, 0.3) is 0 Å². The Hall–Kier alpha value is -2.51. The van der Waals surface area contributed by atoms with Gasteiger partial charge in [-0.1, -0.05) is 30.3 Å². The van der Waals surface area contributed by atoms with Gasteiger partial charge in [0, 0.05) is 24.0 Å². The Kier molecular flexibility index (Phi) is 5.05. The standard InChI is InChI=1S/C20H22N4O2S/c1-23(12-18(25)26)15-7-9-24(10-8-15)19-16-11-17(14-5-3-2-4-6-14)27-20(16)22-13-21-19/h2-6,11,13,15H,7-10,12H2,1H3,(H,25,26). The number of benzene rings is 1. The monoisotopic (exact) mass is 382 g/mol. The predicted molar refractivity (Wildman–Crippen MR) is 108 cm³/mol. The first kappa shape index (κ1) is 17.9. The fourth-order valence-corrected chi connectivity index (χ4v) is 4.70. The first-order chi connectivity index (χ1) is 13.1. The zero-order chi connectivity index (χ0) is 18.8. The summed E-state index contributed by atoms with van der Waals surface area (Å²) in [5.41, 5.74) is 1.19. The fourth-order valence-electron chi connectivity index (χ4n) is 3.70. The maximum Gasteiger partial charge on any atom is 0.317 e. The summed E-state index contributed by atoms with van der Waals surface area (Å²) in [6, 6.07) is 12.8. The second-order valence-electron chi connectivity index (χ2n) is 6.92. The van der Waals surface area contributed by atoms with Crippen LogP contribution in [0.3, 0.4) is 0 Å². The highest BCUT2D eigenvalue weighted by molar-refractivity contribution is 7.21. The van der Waals surface area contributed by atoms with Crippen LogP contribution >= 0.6 is 11.3 Å². The van der Waals surface area contributed by atoms with Crippen LogP contribution in [0.5, 0.6) is 0 Å². The van der Waals surface area contributed by atoms with Gasteiger partial charge in [0.1, 0.15) is 17.0 Å². The van der Waals surface area contributed by atoms with Crippen LogP contribution in [0.15, 0.2) is 42.7 Å². The number of carbonyl (C=O) groups is 1. The molecule has 3 aromatic rings. The molecular formula is C20H22N4O2S. The molecule has 1 fully saturated rings. The molecule has 0 atom stereocenters. The molecule has 0 radical (unpaired) electrons. The largest absolute Gasteiger partial charge is 0.480 e. The van der Waals surface area contributed by atoms with Crippen molar-refractivity contribution >= 4 is 33.3 Å². The number of hydrogen-bond donors (Lipinski definition) is 1. The number of nitrogens with zero attached hydrogens (tertiary/aromatic N) is 4. The third kappa shape index (κ3) is 3.79. The molecule has 1 aromatic carbocycles. The first-order valence-corrected chi connectivity index (χ1v) is 9.90. The van der Waals surface area contributed by atoms with E-state index in [1.807, 2.05) is 30.1 Å². The fraction of sp³-hybridized carbons (Fsp3) is 0.350. The Bertz CT molecular complexity index is 936. The smallest absolute Gasteiger partial charge is 0.317 e. The summed E-state index contributed by atoms with van der Waals surface area (Å²) in [6.45, 7) is 1.84. The van der Waals surface area contributed by atoms with E-state index in [-0.39, 0.29) is 6.54 Å². The number of carboxylic acids is 1. The molecule has 0 spiro atoms. The van der Waals surface area contributed by atoms with E-state index in [9.17, 15) is 4.79 Å². The van der Waals surface area contributed by atoms with Crippen molar-refractivity contribution in [2.75, 3.05) is 31.6 Å². The number of aromatic nitrogens is 2. The maximum absolute atomic E-state index is 10.9. The molecule has 4 rings (SSSR count). The molecule has 3 heterocycles. The Balaban J connectivity index is 1.54. The minimum atomic E-state index is -0.774. The van der Waals surface area contributed by atoms with E-state index in [2.05, 4.69) is 33.1 Å². The van der Waals surface area contributed by atoms with Gasteiger partial charge in [0.05, 0.1) is 11.9 Å². The predicted octanol–water partition coefficient (Wildman–Crippen LogP) is 3.34. The summed E-state index contributed by atoms with van der Waals surface area (Å²) in [7, 11) is 1.89. The highest BCUT2D eigenvalue weighted by atomic mass is 32.1. The van der Waals surface area contributed by atoms with E-state index in [0.717, 1.165) is 42.0 Å². The highest BCUT2D eigenvalue weighted by Crippen LogP contribution is 2.36. The summed E-state index contributed by atoms with van der Waals surface area (Å²) < 4.78 is 0. The number of hydrogen-bond acceptors (Lipinski definition) is 6. The molecule has 0 bridgehead atoms. The van der Waals surface area contributed by atoms with Crippen LogP contribution in [0.2, 0.25) is 0 Å². The molecule has 2 aromatic heterocycles. The summed E-state index contributed by atoms with van der Waals surface area (Å²) in [6.07, 6.45) is 3.52. The van der Waals surface area contributed by atoms with Crippen LogP contribution in [0.4, 0.5) is 5.82 Å². The third-order valence-corrected chi connectivity index (χ3v) is 6.23. The molecule has 0 saturated carbocycles. The zero-order valence-corrected chi connectivity index (χ0v) is 16.0. The van der Waals surface area contributed by atoms with Crippen molar-refractivity contribution in [2.24, 2.45) is 0 Å². The molecule has 1 aliphatic heterocycles. The lowest BCUT2D eigenvalue weighted by Crippen LogP contribution is -2.45. The lowest BCUT2D eigenvalue weighted by atomic mass is 10.0.